The van der Waals surface area contributed by atoms with Gasteiger partial charge in [-0.25, -0.2) is 9.78 Å². The number of carboxylic acid groups (broad SMARTS) is 1. The van der Waals surface area contributed by atoms with E-state index in [1.54, 1.807) is 24.3 Å². The molecule has 0 aromatic carbocycles. The average molecular weight is 188 g/mol. The van der Waals surface area contributed by atoms with Crippen molar-refractivity contribution in [2.24, 2.45) is 0 Å². The summed E-state index contributed by atoms with van der Waals surface area (Å²) in [5.74, 6) is -0.977. The first-order valence-electron chi connectivity index (χ1n) is 4.07. The Morgan fingerprint density at radius 1 is 1.29 bits per heavy atom. The van der Waals surface area contributed by atoms with E-state index in [0.717, 1.165) is 0 Å². The molecule has 0 saturated heterocycles. The maximum Gasteiger partial charge on any atom is 0.340 e. The summed E-state index contributed by atoms with van der Waals surface area (Å²) in [6.45, 7) is 0. The van der Waals surface area contributed by atoms with E-state index < -0.39 is 5.97 Å². The van der Waals surface area contributed by atoms with Crippen LogP contribution in [0, 0.1) is 0 Å². The molecule has 0 atom stereocenters. The summed E-state index contributed by atoms with van der Waals surface area (Å²) in [5.41, 5.74) is 6.75. The van der Waals surface area contributed by atoms with Crippen LogP contribution in [0.2, 0.25) is 0 Å². The number of fused-ring (bicyclic) bond motifs is 1. The molecule has 0 saturated carbocycles. The lowest BCUT2D eigenvalue weighted by Crippen LogP contribution is -2.00. The molecule has 0 fully saturated rings. The fraction of sp³-hybridized carbons (Fsp3) is 0. The van der Waals surface area contributed by atoms with Gasteiger partial charge >= 0.3 is 5.97 Å². The Hall–Kier alpha value is -2.10. The van der Waals surface area contributed by atoms with Crippen molar-refractivity contribution in [3.05, 3.63) is 35.9 Å². The van der Waals surface area contributed by atoms with Gasteiger partial charge in [-0.05, 0) is 6.07 Å². The summed E-state index contributed by atoms with van der Waals surface area (Å²) in [4.78, 5) is 14.9. The Kier molecular flexibility index (Phi) is 1.81. The number of carboxylic acids is 1. The number of nitrogens with two attached hydrogens (primary N) is 1. The van der Waals surface area contributed by atoms with Gasteiger partial charge in [0.15, 0.2) is 0 Å². The Bertz CT molecular complexity index is 468. The van der Waals surface area contributed by atoms with Crippen molar-refractivity contribution in [2.75, 3.05) is 5.73 Å². The lowest BCUT2D eigenvalue weighted by molar-refractivity contribution is 0.0699. The second-order valence-electron chi connectivity index (χ2n) is 2.89. The van der Waals surface area contributed by atoms with E-state index >= 15 is 0 Å². The van der Waals surface area contributed by atoms with Crippen LogP contribution in [0.25, 0.3) is 11.3 Å². The molecule has 1 heterocycles. The minimum Gasteiger partial charge on any atom is -0.478 e. The lowest BCUT2D eigenvalue weighted by Gasteiger charge is -1.92. The van der Waals surface area contributed by atoms with Gasteiger partial charge in [-0.3, -0.25) is 0 Å². The van der Waals surface area contributed by atoms with Crippen molar-refractivity contribution in [1.29, 1.82) is 0 Å². The molecule has 0 unspecified atom stereocenters. The van der Waals surface area contributed by atoms with E-state index in [4.69, 9.17) is 10.8 Å². The third kappa shape index (κ3) is 1.17. The van der Waals surface area contributed by atoms with Crippen molar-refractivity contribution in [1.82, 2.24) is 4.98 Å². The van der Waals surface area contributed by atoms with Crippen molar-refractivity contribution < 1.29 is 9.90 Å². The number of aromatic carboxylic acids is 1. The SMILES string of the molecule is Nc1nc2cccccc-2c1C(=O)O. The number of hydrogen-bond acceptors (Lipinski definition) is 3. The third-order valence-electron chi connectivity index (χ3n) is 2.00. The van der Waals surface area contributed by atoms with Crippen LogP contribution < -0.4 is 5.73 Å². The molecule has 0 aromatic rings. The Balaban J connectivity index is 2.77. The highest BCUT2D eigenvalue weighted by atomic mass is 16.4. The Morgan fingerprint density at radius 3 is 2.71 bits per heavy atom. The molecule has 2 rings (SSSR count). The van der Waals surface area contributed by atoms with Crippen molar-refractivity contribution in [3.8, 4) is 11.3 Å². The topological polar surface area (TPSA) is 76.2 Å². The molecular weight excluding hydrogens is 180 g/mol. The van der Waals surface area contributed by atoms with Gasteiger partial charge in [0, 0.05) is 5.56 Å². The van der Waals surface area contributed by atoms with Crippen LogP contribution >= 0.6 is 0 Å². The summed E-state index contributed by atoms with van der Waals surface area (Å²) in [6.07, 6.45) is 0. The summed E-state index contributed by atoms with van der Waals surface area (Å²) < 4.78 is 0. The second kappa shape index (κ2) is 2.99. The van der Waals surface area contributed by atoms with E-state index in [1.165, 1.54) is 0 Å². The average Bonchev–Trinajstić information content (AvgIpc) is 2.31. The van der Waals surface area contributed by atoms with Crippen LogP contribution in [0.3, 0.4) is 0 Å². The fourth-order valence-corrected chi connectivity index (χ4v) is 1.40. The lowest BCUT2D eigenvalue weighted by atomic mass is 10.1. The first-order chi connectivity index (χ1) is 6.70. The summed E-state index contributed by atoms with van der Waals surface area (Å²) in [5, 5.41) is 8.91. The molecule has 0 radical (unpaired) electrons. The van der Waals surface area contributed by atoms with Gasteiger partial charge in [0.05, 0.1) is 5.69 Å². The molecule has 4 heteroatoms. The number of aromatic nitrogens is 1. The third-order valence-corrected chi connectivity index (χ3v) is 2.00. The number of hydrogen-bond donors (Lipinski definition) is 2. The molecule has 1 aliphatic carbocycles. The molecule has 3 N–H and O–H groups in total. The van der Waals surface area contributed by atoms with Gasteiger partial charge in [-0.15, -0.1) is 0 Å². The van der Waals surface area contributed by atoms with E-state index in [2.05, 4.69) is 4.98 Å². The van der Waals surface area contributed by atoms with Crippen molar-refractivity contribution >= 4 is 11.8 Å². The van der Waals surface area contributed by atoms with Gasteiger partial charge in [-0.2, -0.15) is 0 Å². The first-order valence-corrected chi connectivity index (χ1v) is 4.07. The second-order valence-corrected chi connectivity index (χ2v) is 2.89. The van der Waals surface area contributed by atoms with Crippen LogP contribution in [-0.2, 0) is 0 Å². The zero-order valence-electron chi connectivity index (χ0n) is 7.27. The van der Waals surface area contributed by atoms with Crippen LogP contribution in [0.5, 0.6) is 0 Å². The van der Waals surface area contributed by atoms with Crippen LogP contribution in [0.4, 0.5) is 5.82 Å². The molecule has 0 amide bonds. The minimum absolute atomic E-state index is 0.0682. The molecule has 2 aliphatic rings. The van der Waals surface area contributed by atoms with E-state index in [9.17, 15) is 4.79 Å². The van der Waals surface area contributed by atoms with Gasteiger partial charge in [0.25, 0.3) is 0 Å². The van der Waals surface area contributed by atoms with Crippen LogP contribution in [-0.4, -0.2) is 16.1 Å². The number of nitrogens with zero attached hydrogens (tertiary/aromatic N) is 1. The number of carbonyl (C=O) groups is 1. The molecule has 14 heavy (non-hydrogen) atoms. The molecule has 0 bridgehead atoms. The maximum atomic E-state index is 10.9. The van der Waals surface area contributed by atoms with Crippen molar-refractivity contribution in [3.63, 3.8) is 0 Å². The monoisotopic (exact) mass is 188 g/mol. The van der Waals surface area contributed by atoms with Gasteiger partial charge < -0.3 is 10.8 Å². The van der Waals surface area contributed by atoms with E-state index in [-0.39, 0.29) is 11.4 Å². The highest BCUT2D eigenvalue weighted by Gasteiger charge is 2.19. The number of rotatable bonds is 1. The largest absolute Gasteiger partial charge is 0.478 e. The fourth-order valence-electron chi connectivity index (χ4n) is 1.40. The minimum atomic E-state index is -1.05. The zero-order chi connectivity index (χ0) is 10.1. The summed E-state index contributed by atoms with van der Waals surface area (Å²) in [6, 6.07) is 8.79. The summed E-state index contributed by atoms with van der Waals surface area (Å²) >= 11 is 0. The van der Waals surface area contributed by atoms with Crippen LogP contribution in [0.15, 0.2) is 30.3 Å². The number of nitrogen functional groups attached to an aromatic ring is 1. The predicted octanol–water partition coefficient (Wildman–Crippen LogP) is 1.47. The predicted molar refractivity (Wildman–Crippen MR) is 52.2 cm³/mol. The number of anilines is 1. The Labute approximate surface area is 80.3 Å². The molecule has 0 spiro atoms. The quantitative estimate of drug-likeness (QED) is 0.710. The molecular formula is C10H8N2O2. The van der Waals surface area contributed by atoms with Gasteiger partial charge in [0.2, 0.25) is 0 Å². The van der Waals surface area contributed by atoms with Crippen LogP contribution in [0.1, 0.15) is 10.4 Å². The normalized spacial score (nSPS) is 10.3. The Morgan fingerprint density at radius 2 is 2.00 bits per heavy atom. The molecule has 4 nitrogen and oxygen atoms in total. The van der Waals surface area contributed by atoms with E-state index in [0.29, 0.717) is 11.3 Å². The molecule has 70 valence electrons. The smallest absolute Gasteiger partial charge is 0.340 e. The zero-order valence-corrected chi connectivity index (χ0v) is 7.27. The van der Waals surface area contributed by atoms with Gasteiger partial charge in [0.1, 0.15) is 11.4 Å². The van der Waals surface area contributed by atoms with E-state index in [1.807, 2.05) is 6.07 Å². The van der Waals surface area contributed by atoms with Crippen molar-refractivity contribution in [2.45, 2.75) is 0 Å². The maximum absolute atomic E-state index is 10.9. The first kappa shape index (κ1) is 8.50. The standard InChI is InChI=1S/C10H8N2O2/c11-9-8(10(13)14)6-4-2-1-3-5-7(6)12-9/h1-5H,(H2,11,12)(H,13,14). The molecule has 0 aromatic heterocycles. The van der Waals surface area contributed by atoms with Gasteiger partial charge in [-0.1, -0.05) is 24.3 Å². The molecule has 1 aliphatic heterocycles. The highest BCUT2D eigenvalue weighted by Crippen LogP contribution is 2.28. The summed E-state index contributed by atoms with van der Waals surface area (Å²) in [7, 11) is 0. The highest BCUT2D eigenvalue weighted by molar-refractivity contribution is 6.01.